The zero-order valence-electron chi connectivity index (χ0n) is 14.5. The number of fused-ring (bicyclic) bond motifs is 2. The Morgan fingerprint density at radius 2 is 1.69 bits per heavy atom. The van der Waals surface area contributed by atoms with E-state index in [0.29, 0.717) is 0 Å². The van der Waals surface area contributed by atoms with Crippen molar-refractivity contribution in [2.24, 2.45) is 0 Å². The number of aromatic nitrogens is 6. The second kappa shape index (κ2) is 5.49. The number of aryl methyl sites for hydroxylation is 2. The average Bonchev–Trinajstić information content (AvgIpc) is 3.27. The fourth-order valence-corrected chi connectivity index (χ4v) is 3.21. The number of rotatable bonds is 2. The van der Waals surface area contributed by atoms with Crippen LogP contribution in [0.2, 0.25) is 0 Å². The molecule has 0 saturated heterocycles. The van der Waals surface area contributed by atoms with Gasteiger partial charge in [0.1, 0.15) is 12.7 Å². The number of hydrogen-bond donors (Lipinski definition) is 0. The third-order valence-corrected chi connectivity index (χ3v) is 4.74. The summed E-state index contributed by atoms with van der Waals surface area (Å²) >= 11 is 0. The van der Waals surface area contributed by atoms with Crippen LogP contribution in [0.4, 0.5) is 0 Å². The first-order valence-electron chi connectivity index (χ1n) is 8.41. The van der Waals surface area contributed by atoms with Crippen LogP contribution in [-0.2, 0) is 0 Å². The molecule has 0 fully saturated rings. The summed E-state index contributed by atoms with van der Waals surface area (Å²) in [5, 5.41) is 5.41. The highest BCUT2D eigenvalue weighted by Crippen LogP contribution is 2.25. The van der Waals surface area contributed by atoms with E-state index in [2.05, 4.69) is 46.0 Å². The molecule has 0 aliphatic carbocycles. The predicted molar refractivity (Wildman–Crippen MR) is 101 cm³/mol. The normalized spacial score (nSPS) is 11.5. The molecular formula is C20H16N6. The van der Waals surface area contributed by atoms with Crippen molar-refractivity contribution in [1.82, 2.24) is 29.3 Å². The Kier molecular flexibility index (Phi) is 3.12. The molecule has 5 aromatic rings. The molecule has 2 aromatic carbocycles. The number of hydrogen-bond acceptors (Lipinski definition) is 4. The molecule has 6 heteroatoms. The lowest BCUT2D eigenvalue weighted by Crippen LogP contribution is -2.01. The SMILES string of the molecule is Cc1cc2ncn(-c3ncnc4c3cnn4-c3ccccc3)c2cc1C. The first kappa shape index (κ1) is 14.8. The average molecular weight is 340 g/mol. The zero-order valence-corrected chi connectivity index (χ0v) is 14.5. The Morgan fingerprint density at radius 1 is 0.885 bits per heavy atom. The van der Waals surface area contributed by atoms with E-state index in [1.54, 1.807) is 6.33 Å². The van der Waals surface area contributed by atoms with Crippen LogP contribution in [0.15, 0.2) is 61.3 Å². The van der Waals surface area contributed by atoms with Crippen molar-refractivity contribution in [3.63, 3.8) is 0 Å². The maximum absolute atomic E-state index is 4.54. The van der Waals surface area contributed by atoms with Crippen LogP contribution in [0.25, 0.3) is 33.6 Å². The largest absolute Gasteiger partial charge is 0.282 e. The van der Waals surface area contributed by atoms with Gasteiger partial charge >= 0.3 is 0 Å². The second-order valence-electron chi connectivity index (χ2n) is 6.37. The van der Waals surface area contributed by atoms with E-state index in [9.17, 15) is 0 Å². The van der Waals surface area contributed by atoms with Crippen molar-refractivity contribution in [3.05, 3.63) is 72.4 Å². The van der Waals surface area contributed by atoms with Crippen LogP contribution >= 0.6 is 0 Å². The van der Waals surface area contributed by atoms with Crippen LogP contribution in [0.5, 0.6) is 0 Å². The summed E-state index contributed by atoms with van der Waals surface area (Å²) < 4.78 is 3.83. The number of nitrogens with zero attached hydrogens (tertiary/aromatic N) is 6. The molecule has 0 N–H and O–H groups in total. The first-order chi connectivity index (χ1) is 12.7. The lowest BCUT2D eigenvalue weighted by atomic mass is 10.1. The van der Waals surface area contributed by atoms with Crippen molar-refractivity contribution >= 4 is 22.1 Å². The lowest BCUT2D eigenvalue weighted by molar-refractivity contribution is 0.894. The van der Waals surface area contributed by atoms with Crippen molar-refractivity contribution in [3.8, 4) is 11.5 Å². The topological polar surface area (TPSA) is 61.4 Å². The fraction of sp³-hybridized carbons (Fsp3) is 0.100. The Morgan fingerprint density at radius 3 is 2.54 bits per heavy atom. The highest BCUT2D eigenvalue weighted by molar-refractivity contribution is 5.87. The van der Waals surface area contributed by atoms with Crippen LogP contribution in [0.3, 0.4) is 0 Å². The maximum atomic E-state index is 4.54. The van der Waals surface area contributed by atoms with Gasteiger partial charge in [-0.15, -0.1) is 0 Å². The number of imidazole rings is 1. The van der Waals surface area contributed by atoms with Gasteiger partial charge in [0.15, 0.2) is 11.5 Å². The molecule has 0 bridgehead atoms. The van der Waals surface area contributed by atoms with Gasteiger partial charge in [0.25, 0.3) is 0 Å². The van der Waals surface area contributed by atoms with Crippen molar-refractivity contribution in [2.75, 3.05) is 0 Å². The first-order valence-corrected chi connectivity index (χ1v) is 8.41. The van der Waals surface area contributed by atoms with E-state index in [1.807, 2.05) is 52.1 Å². The third-order valence-electron chi connectivity index (χ3n) is 4.74. The molecule has 6 nitrogen and oxygen atoms in total. The molecule has 0 unspecified atom stereocenters. The van der Waals surface area contributed by atoms with Gasteiger partial charge in [-0.2, -0.15) is 5.10 Å². The van der Waals surface area contributed by atoms with Crippen molar-refractivity contribution in [1.29, 1.82) is 0 Å². The van der Waals surface area contributed by atoms with Gasteiger partial charge in [-0.3, -0.25) is 4.57 Å². The minimum Gasteiger partial charge on any atom is -0.282 e. The molecule has 3 heterocycles. The van der Waals surface area contributed by atoms with Crippen molar-refractivity contribution < 1.29 is 0 Å². The van der Waals surface area contributed by atoms with E-state index >= 15 is 0 Å². The van der Waals surface area contributed by atoms with E-state index in [4.69, 9.17) is 0 Å². The lowest BCUT2D eigenvalue weighted by Gasteiger charge is -2.07. The summed E-state index contributed by atoms with van der Waals surface area (Å²) in [4.78, 5) is 13.5. The smallest absolute Gasteiger partial charge is 0.168 e. The molecule has 0 atom stereocenters. The Hall–Kier alpha value is -3.54. The molecule has 5 rings (SSSR count). The van der Waals surface area contributed by atoms with Gasteiger partial charge in [0, 0.05) is 0 Å². The van der Waals surface area contributed by atoms with Crippen LogP contribution < -0.4 is 0 Å². The van der Waals surface area contributed by atoms with Crippen LogP contribution in [0.1, 0.15) is 11.1 Å². The maximum Gasteiger partial charge on any atom is 0.168 e. The van der Waals surface area contributed by atoms with Gasteiger partial charge in [0.2, 0.25) is 0 Å². The van der Waals surface area contributed by atoms with Crippen molar-refractivity contribution in [2.45, 2.75) is 13.8 Å². The summed E-state index contributed by atoms with van der Waals surface area (Å²) in [5.74, 6) is 0.780. The predicted octanol–water partition coefficient (Wildman–Crippen LogP) is 3.77. The molecule has 0 spiro atoms. The summed E-state index contributed by atoms with van der Waals surface area (Å²) in [6.07, 6.45) is 5.20. The minimum absolute atomic E-state index is 0.770. The van der Waals surface area contributed by atoms with E-state index in [1.165, 1.54) is 11.1 Å². The highest BCUT2D eigenvalue weighted by Gasteiger charge is 2.15. The number of benzene rings is 2. The van der Waals surface area contributed by atoms with Gasteiger partial charge in [-0.1, -0.05) is 18.2 Å². The summed E-state index contributed by atoms with van der Waals surface area (Å²) in [6.45, 7) is 4.20. The molecule has 0 aliphatic rings. The van der Waals surface area contributed by atoms with Gasteiger partial charge in [-0.25, -0.2) is 19.6 Å². The second-order valence-corrected chi connectivity index (χ2v) is 6.37. The monoisotopic (exact) mass is 340 g/mol. The number of para-hydroxylation sites is 1. The molecule has 0 aliphatic heterocycles. The van der Waals surface area contributed by atoms with Gasteiger partial charge in [0.05, 0.1) is 28.3 Å². The quantitative estimate of drug-likeness (QED) is 0.491. The van der Waals surface area contributed by atoms with Crippen LogP contribution in [0, 0.1) is 13.8 Å². The van der Waals surface area contributed by atoms with E-state index < -0.39 is 0 Å². The molecule has 26 heavy (non-hydrogen) atoms. The van der Waals surface area contributed by atoms with Gasteiger partial charge in [-0.05, 0) is 49.2 Å². The fourth-order valence-electron chi connectivity index (χ4n) is 3.21. The summed E-state index contributed by atoms with van der Waals surface area (Å²) in [5.41, 5.74) is 6.17. The zero-order chi connectivity index (χ0) is 17.7. The Bertz CT molecular complexity index is 1250. The molecule has 0 saturated carbocycles. The Labute approximate surface area is 149 Å². The Balaban J connectivity index is 1.76. The minimum atomic E-state index is 0.770. The highest BCUT2D eigenvalue weighted by atomic mass is 15.3. The molecule has 126 valence electrons. The third kappa shape index (κ3) is 2.12. The summed E-state index contributed by atoms with van der Waals surface area (Å²) in [6, 6.07) is 14.2. The molecular weight excluding hydrogens is 324 g/mol. The molecule has 0 amide bonds. The molecule has 0 radical (unpaired) electrons. The van der Waals surface area contributed by atoms with E-state index in [0.717, 1.165) is 33.6 Å². The van der Waals surface area contributed by atoms with E-state index in [-0.39, 0.29) is 0 Å². The molecule has 3 aromatic heterocycles. The standard InChI is InChI=1S/C20H16N6/c1-13-8-17-18(9-14(13)2)25(12-23-17)19-16-10-24-26(20(16)22-11-21-19)15-6-4-3-5-7-15/h3-12H,1-2H3. The van der Waals surface area contributed by atoms with Gasteiger partial charge < -0.3 is 0 Å². The summed E-state index contributed by atoms with van der Waals surface area (Å²) in [7, 11) is 0. The van der Waals surface area contributed by atoms with Crippen LogP contribution in [-0.4, -0.2) is 29.3 Å².